The molecule has 0 bridgehead atoms. The number of primary amides is 1. The Bertz CT molecular complexity index is 352. The number of hydrogen-bond acceptors (Lipinski definition) is 2. The van der Waals surface area contributed by atoms with Crippen molar-refractivity contribution in [1.29, 1.82) is 0 Å². The highest BCUT2D eigenvalue weighted by atomic mass is 19.1. The maximum absolute atomic E-state index is 13.1. The summed E-state index contributed by atoms with van der Waals surface area (Å²) in [6.07, 6.45) is 0.0303. The predicted molar refractivity (Wildman–Crippen MR) is 51.9 cm³/mol. The number of aryl methyl sites for hydroxylation is 1. The molecular formula is C10H13FN2O. The lowest BCUT2D eigenvalue weighted by atomic mass is 10.0. The summed E-state index contributed by atoms with van der Waals surface area (Å²) >= 11 is 0. The Morgan fingerprint density at radius 1 is 1.57 bits per heavy atom. The molecule has 0 fully saturated rings. The van der Waals surface area contributed by atoms with Gasteiger partial charge in [-0.3, -0.25) is 4.79 Å². The molecule has 0 unspecified atom stereocenters. The molecular weight excluding hydrogens is 183 g/mol. The van der Waals surface area contributed by atoms with Gasteiger partial charge in [-0.2, -0.15) is 0 Å². The van der Waals surface area contributed by atoms with Crippen molar-refractivity contribution >= 4 is 5.91 Å². The Hall–Kier alpha value is -1.42. The molecule has 0 aliphatic rings. The van der Waals surface area contributed by atoms with E-state index in [0.717, 1.165) is 0 Å². The molecule has 0 heterocycles. The van der Waals surface area contributed by atoms with Gasteiger partial charge in [0.15, 0.2) is 0 Å². The van der Waals surface area contributed by atoms with E-state index in [2.05, 4.69) is 0 Å². The summed E-state index contributed by atoms with van der Waals surface area (Å²) in [5.74, 6) is -0.805. The van der Waals surface area contributed by atoms with Gasteiger partial charge in [-0.05, 0) is 24.1 Å². The molecule has 3 nitrogen and oxygen atoms in total. The van der Waals surface area contributed by atoms with E-state index in [9.17, 15) is 9.18 Å². The summed E-state index contributed by atoms with van der Waals surface area (Å²) < 4.78 is 13.1. The summed E-state index contributed by atoms with van der Waals surface area (Å²) in [6.45, 7) is 1.67. The molecule has 14 heavy (non-hydrogen) atoms. The first-order valence-electron chi connectivity index (χ1n) is 4.30. The van der Waals surface area contributed by atoms with Crippen LogP contribution in [0.15, 0.2) is 18.2 Å². The van der Waals surface area contributed by atoms with E-state index in [0.29, 0.717) is 11.1 Å². The highest BCUT2D eigenvalue weighted by Gasteiger charge is 2.10. The maximum Gasteiger partial charge on any atom is 0.219 e. The summed E-state index contributed by atoms with van der Waals surface area (Å²) in [5.41, 5.74) is 11.8. The van der Waals surface area contributed by atoms with Crippen molar-refractivity contribution in [2.45, 2.75) is 19.4 Å². The monoisotopic (exact) mass is 196 g/mol. The lowest BCUT2D eigenvalue weighted by molar-refractivity contribution is -0.118. The normalized spacial score (nSPS) is 12.5. The molecule has 0 saturated carbocycles. The zero-order valence-corrected chi connectivity index (χ0v) is 7.96. The van der Waals surface area contributed by atoms with Gasteiger partial charge in [0.2, 0.25) is 5.91 Å². The van der Waals surface area contributed by atoms with Crippen LogP contribution in [0.2, 0.25) is 0 Å². The summed E-state index contributed by atoms with van der Waals surface area (Å²) in [4.78, 5) is 10.6. The summed E-state index contributed by atoms with van der Waals surface area (Å²) in [6, 6.07) is 4.14. The molecule has 4 N–H and O–H groups in total. The van der Waals surface area contributed by atoms with Gasteiger partial charge in [-0.25, -0.2) is 4.39 Å². The molecule has 1 aromatic rings. The molecule has 0 saturated heterocycles. The smallest absolute Gasteiger partial charge is 0.219 e. The van der Waals surface area contributed by atoms with Crippen LogP contribution in [0.1, 0.15) is 23.6 Å². The highest BCUT2D eigenvalue weighted by molar-refractivity contribution is 5.74. The standard InChI is InChI=1S/C10H13FN2O/c1-6-2-3-7(4-8(6)11)9(12)5-10(13)14/h2-4,9H,5,12H2,1H3,(H2,13,14)/t9-/m0/s1. The number of benzene rings is 1. The van der Waals surface area contributed by atoms with Crippen LogP contribution in [0, 0.1) is 12.7 Å². The van der Waals surface area contributed by atoms with Crippen LogP contribution in [-0.2, 0) is 4.79 Å². The zero-order valence-electron chi connectivity index (χ0n) is 7.96. The van der Waals surface area contributed by atoms with Gasteiger partial charge >= 0.3 is 0 Å². The Morgan fingerprint density at radius 3 is 2.71 bits per heavy atom. The van der Waals surface area contributed by atoms with E-state index in [1.807, 2.05) is 0 Å². The number of carbonyl (C=O) groups is 1. The third-order valence-electron chi connectivity index (χ3n) is 2.05. The van der Waals surface area contributed by atoms with Crippen molar-refractivity contribution in [2.75, 3.05) is 0 Å². The number of rotatable bonds is 3. The van der Waals surface area contributed by atoms with Crippen LogP contribution in [0.25, 0.3) is 0 Å². The Labute approximate surface area is 81.9 Å². The first-order chi connectivity index (χ1) is 6.50. The van der Waals surface area contributed by atoms with Crippen molar-refractivity contribution in [3.05, 3.63) is 35.1 Å². The van der Waals surface area contributed by atoms with Crippen LogP contribution < -0.4 is 11.5 Å². The second-order valence-electron chi connectivity index (χ2n) is 3.29. The minimum atomic E-state index is -0.525. The second-order valence-corrected chi connectivity index (χ2v) is 3.29. The van der Waals surface area contributed by atoms with Crippen molar-refractivity contribution in [1.82, 2.24) is 0 Å². The first kappa shape index (κ1) is 10.7. The third-order valence-corrected chi connectivity index (χ3v) is 2.05. The number of hydrogen-bond donors (Lipinski definition) is 2. The molecule has 1 atom stereocenters. The average Bonchev–Trinajstić information content (AvgIpc) is 2.08. The fourth-order valence-corrected chi connectivity index (χ4v) is 1.17. The fraction of sp³-hybridized carbons (Fsp3) is 0.300. The van der Waals surface area contributed by atoms with Crippen molar-refractivity contribution in [3.63, 3.8) is 0 Å². The average molecular weight is 196 g/mol. The molecule has 1 rings (SSSR count). The van der Waals surface area contributed by atoms with Gasteiger partial charge in [-0.15, -0.1) is 0 Å². The summed E-state index contributed by atoms with van der Waals surface area (Å²) in [7, 11) is 0. The number of carbonyl (C=O) groups excluding carboxylic acids is 1. The largest absolute Gasteiger partial charge is 0.370 e. The van der Waals surface area contributed by atoms with Crippen LogP contribution in [-0.4, -0.2) is 5.91 Å². The van der Waals surface area contributed by atoms with Crippen molar-refractivity contribution in [2.24, 2.45) is 11.5 Å². The molecule has 0 aliphatic heterocycles. The van der Waals surface area contributed by atoms with E-state index in [4.69, 9.17) is 11.5 Å². The Morgan fingerprint density at radius 2 is 2.21 bits per heavy atom. The molecule has 1 aromatic carbocycles. The molecule has 1 amide bonds. The van der Waals surface area contributed by atoms with Crippen molar-refractivity contribution < 1.29 is 9.18 Å². The van der Waals surface area contributed by atoms with Crippen LogP contribution in [0.5, 0.6) is 0 Å². The minimum absolute atomic E-state index is 0.0303. The SMILES string of the molecule is Cc1ccc([C@@H](N)CC(N)=O)cc1F. The fourth-order valence-electron chi connectivity index (χ4n) is 1.17. The minimum Gasteiger partial charge on any atom is -0.370 e. The highest BCUT2D eigenvalue weighted by Crippen LogP contribution is 2.16. The van der Waals surface area contributed by atoms with Gasteiger partial charge in [-0.1, -0.05) is 12.1 Å². The number of halogens is 1. The van der Waals surface area contributed by atoms with Gasteiger partial charge in [0.1, 0.15) is 5.82 Å². The molecule has 0 aromatic heterocycles. The summed E-state index contributed by atoms with van der Waals surface area (Å²) in [5, 5.41) is 0. The van der Waals surface area contributed by atoms with Gasteiger partial charge in [0, 0.05) is 12.5 Å². The van der Waals surface area contributed by atoms with E-state index < -0.39 is 11.9 Å². The lowest BCUT2D eigenvalue weighted by Gasteiger charge is -2.10. The van der Waals surface area contributed by atoms with Crippen molar-refractivity contribution in [3.8, 4) is 0 Å². The van der Waals surface area contributed by atoms with E-state index in [-0.39, 0.29) is 12.2 Å². The molecule has 0 spiro atoms. The lowest BCUT2D eigenvalue weighted by Crippen LogP contribution is -2.20. The van der Waals surface area contributed by atoms with E-state index in [1.54, 1.807) is 19.1 Å². The molecule has 4 heteroatoms. The number of nitrogens with two attached hydrogens (primary N) is 2. The third kappa shape index (κ3) is 2.53. The van der Waals surface area contributed by atoms with Crippen LogP contribution >= 0.6 is 0 Å². The number of amides is 1. The van der Waals surface area contributed by atoms with E-state index >= 15 is 0 Å². The predicted octanol–water partition coefficient (Wildman–Crippen LogP) is 1.01. The second kappa shape index (κ2) is 4.19. The maximum atomic E-state index is 13.1. The molecule has 76 valence electrons. The molecule has 0 aliphatic carbocycles. The van der Waals surface area contributed by atoms with Crippen LogP contribution in [0.3, 0.4) is 0 Å². The Balaban J connectivity index is 2.85. The van der Waals surface area contributed by atoms with Crippen LogP contribution in [0.4, 0.5) is 4.39 Å². The Kier molecular flexibility index (Phi) is 3.19. The topological polar surface area (TPSA) is 69.1 Å². The zero-order chi connectivity index (χ0) is 10.7. The van der Waals surface area contributed by atoms with Gasteiger partial charge in [0.25, 0.3) is 0 Å². The first-order valence-corrected chi connectivity index (χ1v) is 4.30. The van der Waals surface area contributed by atoms with Gasteiger partial charge in [0.05, 0.1) is 0 Å². The quantitative estimate of drug-likeness (QED) is 0.757. The molecule has 0 radical (unpaired) electrons. The van der Waals surface area contributed by atoms with Gasteiger partial charge < -0.3 is 11.5 Å². The van der Waals surface area contributed by atoms with E-state index in [1.165, 1.54) is 6.07 Å².